The molecule has 1 aromatic carbocycles. The lowest BCUT2D eigenvalue weighted by Gasteiger charge is -2.27. The summed E-state index contributed by atoms with van der Waals surface area (Å²) in [6, 6.07) is 6.71. The molecule has 1 aromatic rings. The molecule has 100 valence electrons. The molecule has 1 aliphatic heterocycles. The van der Waals surface area contributed by atoms with Crippen molar-refractivity contribution in [2.45, 2.75) is 31.8 Å². The van der Waals surface area contributed by atoms with Crippen molar-refractivity contribution in [3.8, 4) is 0 Å². The van der Waals surface area contributed by atoms with Gasteiger partial charge in [0, 0.05) is 12.6 Å². The molecule has 2 atom stereocenters. The van der Waals surface area contributed by atoms with Crippen molar-refractivity contribution < 1.29 is 5.11 Å². The molecule has 2 rings (SSSR count). The largest absolute Gasteiger partial charge is 0.394 e. The zero-order valence-electron chi connectivity index (χ0n) is 11.0. The van der Waals surface area contributed by atoms with Gasteiger partial charge in [-0.05, 0) is 44.5 Å². The van der Waals surface area contributed by atoms with Crippen LogP contribution in [0.3, 0.4) is 0 Å². The summed E-state index contributed by atoms with van der Waals surface area (Å²) in [6.07, 6.45) is 2.16. The number of hydrogen-bond donors (Lipinski definition) is 2. The third-order valence-corrected chi connectivity index (χ3v) is 4.10. The summed E-state index contributed by atoms with van der Waals surface area (Å²) < 4.78 is 0. The highest BCUT2D eigenvalue weighted by Crippen LogP contribution is 2.33. The van der Waals surface area contributed by atoms with Crippen LogP contribution in [0.25, 0.3) is 0 Å². The number of hydrogen-bond acceptors (Lipinski definition) is 3. The van der Waals surface area contributed by atoms with Crippen LogP contribution in [-0.4, -0.2) is 31.3 Å². The van der Waals surface area contributed by atoms with E-state index >= 15 is 0 Å². The maximum Gasteiger partial charge on any atom is 0.0643 e. The number of halogens is 1. The van der Waals surface area contributed by atoms with Gasteiger partial charge in [-0.25, -0.2) is 0 Å². The first-order valence-electron chi connectivity index (χ1n) is 6.51. The zero-order valence-corrected chi connectivity index (χ0v) is 11.7. The normalized spacial score (nSPS) is 21.3. The lowest BCUT2D eigenvalue weighted by molar-refractivity contribution is 0.266. The van der Waals surface area contributed by atoms with Gasteiger partial charge in [-0.15, -0.1) is 0 Å². The Morgan fingerprint density at radius 2 is 2.33 bits per heavy atom. The number of benzene rings is 1. The predicted molar refractivity (Wildman–Crippen MR) is 76.4 cm³/mol. The van der Waals surface area contributed by atoms with E-state index in [1.165, 1.54) is 5.56 Å². The van der Waals surface area contributed by atoms with E-state index in [0.717, 1.165) is 30.1 Å². The molecule has 1 heterocycles. The Labute approximate surface area is 114 Å². The molecule has 1 aliphatic rings. The van der Waals surface area contributed by atoms with Crippen LogP contribution in [0, 0.1) is 0 Å². The number of nitrogens with one attached hydrogen (secondary N) is 1. The Kier molecular flexibility index (Phi) is 4.49. The molecular formula is C14H21ClN2O. The Balaban J connectivity index is 2.24. The molecule has 0 amide bonds. The van der Waals surface area contributed by atoms with Crippen molar-refractivity contribution in [3.63, 3.8) is 0 Å². The monoisotopic (exact) mass is 268 g/mol. The van der Waals surface area contributed by atoms with Gasteiger partial charge in [0.05, 0.1) is 23.4 Å². The van der Waals surface area contributed by atoms with Gasteiger partial charge >= 0.3 is 0 Å². The van der Waals surface area contributed by atoms with Crippen LogP contribution in [0.2, 0.25) is 5.02 Å². The fourth-order valence-electron chi connectivity index (χ4n) is 2.53. The predicted octanol–water partition coefficient (Wildman–Crippen LogP) is 2.58. The summed E-state index contributed by atoms with van der Waals surface area (Å²) in [6.45, 7) is 3.29. The number of nitrogens with zero attached hydrogens (tertiary/aromatic N) is 1. The average molecular weight is 269 g/mol. The van der Waals surface area contributed by atoms with Crippen molar-refractivity contribution >= 4 is 17.3 Å². The Bertz CT molecular complexity index is 411. The van der Waals surface area contributed by atoms with E-state index in [0.29, 0.717) is 6.04 Å². The summed E-state index contributed by atoms with van der Waals surface area (Å²) in [7, 11) is 1.94. The lowest BCUT2D eigenvalue weighted by Crippen LogP contribution is -2.32. The molecule has 3 nitrogen and oxygen atoms in total. The maximum atomic E-state index is 9.37. The van der Waals surface area contributed by atoms with E-state index in [1.807, 2.05) is 13.1 Å². The van der Waals surface area contributed by atoms with Gasteiger partial charge in [0.15, 0.2) is 0 Å². The van der Waals surface area contributed by atoms with Gasteiger partial charge in [0.25, 0.3) is 0 Å². The third-order valence-electron chi connectivity index (χ3n) is 3.80. The number of aliphatic hydroxyl groups excluding tert-OH is 1. The van der Waals surface area contributed by atoms with Gasteiger partial charge in [-0.1, -0.05) is 17.7 Å². The van der Waals surface area contributed by atoms with E-state index < -0.39 is 0 Å². The van der Waals surface area contributed by atoms with Crippen molar-refractivity contribution in [1.29, 1.82) is 0 Å². The Morgan fingerprint density at radius 3 is 2.94 bits per heavy atom. The van der Waals surface area contributed by atoms with Crippen molar-refractivity contribution in [2.75, 3.05) is 25.1 Å². The highest BCUT2D eigenvalue weighted by Gasteiger charge is 2.25. The quantitative estimate of drug-likeness (QED) is 0.881. The lowest BCUT2D eigenvalue weighted by atomic mass is 10.1. The molecule has 0 aromatic heterocycles. The van der Waals surface area contributed by atoms with Gasteiger partial charge in [0.2, 0.25) is 0 Å². The number of aliphatic hydroxyl groups is 1. The van der Waals surface area contributed by atoms with E-state index in [4.69, 9.17) is 11.6 Å². The fourth-order valence-corrected chi connectivity index (χ4v) is 2.83. The van der Waals surface area contributed by atoms with E-state index in [2.05, 4.69) is 29.3 Å². The molecule has 2 unspecified atom stereocenters. The molecule has 0 radical (unpaired) electrons. The van der Waals surface area contributed by atoms with Crippen LogP contribution >= 0.6 is 11.6 Å². The van der Waals surface area contributed by atoms with Crippen LogP contribution in [0.1, 0.15) is 31.4 Å². The van der Waals surface area contributed by atoms with Gasteiger partial charge < -0.3 is 15.3 Å². The molecular weight excluding hydrogens is 248 g/mol. The summed E-state index contributed by atoms with van der Waals surface area (Å²) in [5.41, 5.74) is 2.23. The zero-order chi connectivity index (χ0) is 13.1. The highest BCUT2D eigenvalue weighted by molar-refractivity contribution is 6.33. The summed E-state index contributed by atoms with van der Waals surface area (Å²) >= 11 is 6.38. The second kappa shape index (κ2) is 5.91. The van der Waals surface area contributed by atoms with Crippen LogP contribution in [0.4, 0.5) is 5.69 Å². The Morgan fingerprint density at radius 1 is 1.56 bits per heavy atom. The molecule has 4 heteroatoms. The minimum atomic E-state index is 0.199. The van der Waals surface area contributed by atoms with Crippen LogP contribution in [0.5, 0.6) is 0 Å². The van der Waals surface area contributed by atoms with Crippen LogP contribution in [0.15, 0.2) is 18.2 Å². The van der Waals surface area contributed by atoms with E-state index in [1.54, 1.807) is 0 Å². The first kappa shape index (κ1) is 13.7. The van der Waals surface area contributed by atoms with Crippen molar-refractivity contribution in [3.05, 3.63) is 28.8 Å². The van der Waals surface area contributed by atoms with E-state index in [9.17, 15) is 5.11 Å². The van der Waals surface area contributed by atoms with Crippen molar-refractivity contribution in [2.24, 2.45) is 0 Å². The fraction of sp³-hybridized carbons (Fsp3) is 0.571. The van der Waals surface area contributed by atoms with Crippen LogP contribution in [-0.2, 0) is 0 Å². The minimum absolute atomic E-state index is 0.199. The molecule has 2 N–H and O–H groups in total. The SMILES string of the molecule is CNC(C)c1ccc(N2CCCC2CO)c(Cl)c1. The smallest absolute Gasteiger partial charge is 0.0643 e. The number of anilines is 1. The Hall–Kier alpha value is -0.770. The molecule has 1 saturated heterocycles. The third kappa shape index (κ3) is 2.63. The first-order valence-corrected chi connectivity index (χ1v) is 6.89. The minimum Gasteiger partial charge on any atom is -0.394 e. The highest BCUT2D eigenvalue weighted by atomic mass is 35.5. The topological polar surface area (TPSA) is 35.5 Å². The van der Waals surface area contributed by atoms with Gasteiger partial charge in [-0.3, -0.25) is 0 Å². The second-order valence-electron chi connectivity index (χ2n) is 4.89. The molecule has 0 aliphatic carbocycles. The molecule has 1 fully saturated rings. The molecule has 0 bridgehead atoms. The number of rotatable bonds is 4. The maximum absolute atomic E-state index is 9.37. The molecule has 18 heavy (non-hydrogen) atoms. The van der Waals surface area contributed by atoms with Gasteiger partial charge in [0.1, 0.15) is 0 Å². The van der Waals surface area contributed by atoms with Crippen molar-refractivity contribution in [1.82, 2.24) is 5.32 Å². The summed E-state index contributed by atoms with van der Waals surface area (Å²) in [4.78, 5) is 2.22. The molecule has 0 spiro atoms. The van der Waals surface area contributed by atoms with Crippen LogP contribution < -0.4 is 10.2 Å². The average Bonchev–Trinajstić information content (AvgIpc) is 2.85. The molecule has 0 saturated carbocycles. The summed E-state index contributed by atoms with van der Waals surface area (Å²) in [5, 5.41) is 13.4. The second-order valence-corrected chi connectivity index (χ2v) is 5.30. The van der Waals surface area contributed by atoms with Gasteiger partial charge in [-0.2, -0.15) is 0 Å². The summed E-state index contributed by atoms with van der Waals surface area (Å²) in [5.74, 6) is 0. The standard InChI is InChI=1S/C14H21ClN2O/c1-10(16-2)11-5-6-14(13(15)8-11)17-7-3-4-12(17)9-18/h5-6,8,10,12,16,18H,3-4,7,9H2,1-2H3. The van der Waals surface area contributed by atoms with E-state index in [-0.39, 0.29) is 12.6 Å². The first-order chi connectivity index (χ1) is 8.67.